The largest absolute Gasteiger partial charge is 0.375 e. The number of hydrogen-bond donors (Lipinski definition) is 1. The molecule has 0 bridgehead atoms. The summed E-state index contributed by atoms with van der Waals surface area (Å²) in [5.41, 5.74) is 4.17. The molecule has 3 rings (SSSR count). The van der Waals surface area contributed by atoms with E-state index in [1.54, 1.807) is 0 Å². The van der Waals surface area contributed by atoms with Gasteiger partial charge in [0.1, 0.15) is 0 Å². The summed E-state index contributed by atoms with van der Waals surface area (Å²) in [7, 11) is 0. The van der Waals surface area contributed by atoms with E-state index in [4.69, 9.17) is 4.74 Å². The first-order valence-corrected chi connectivity index (χ1v) is 7.70. The Morgan fingerprint density at radius 2 is 2.21 bits per heavy atom. The maximum atomic E-state index is 5.68. The normalized spacial score (nSPS) is 18.3. The highest BCUT2D eigenvalue weighted by Crippen LogP contribution is 2.25. The van der Waals surface area contributed by atoms with Crippen molar-refractivity contribution < 1.29 is 4.74 Å². The molecule has 1 aliphatic rings. The molecule has 19 heavy (non-hydrogen) atoms. The molecule has 2 aromatic rings. The minimum atomic E-state index is 0.316. The van der Waals surface area contributed by atoms with Crippen LogP contribution >= 0.6 is 11.3 Å². The second-order valence-electron chi connectivity index (χ2n) is 4.87. The third kappa shape index (κ3) is 2.73. The Morgan fingerprint density at radius 3 is 3.11 bits per heavy atom. The molecule has 0 spiro atoms. The average molecular weight is 273 g/mol. The van der Waals surface area contributed by atoms with Crippen LogP contribution in [-0.4, -0.2) is 6.61 Å². The van der Waals surface area contributed by atoms with Crippen LogP contribution in [0.1, 0.15) is 34.5 Å². The summed E-state index contributed by atoms with van der Waals surface area (Å²) in [5, 5.41) is 5.82. The van der Waals surface area contributed by atoms with Crippen LogP contribution in [0, 0.1) is 0 Å². The number of fused-ring (bicyclic) bond motifs is 1. The highest BCUT2D eigenvalue weighted by molar-refractivity contribution is 7.10. The molecule has 0 saturated heterocycles. The van der Waals surface area contributed by atoms with Crippen molar-refractivity contribution in [1.82, 2.24) is 5.32 Å². The fourth-order valence-corrected chi connectivity index (χ4v) is 3.53. The zero-order chi connectivity index (χ0) is 13.1. The van der Waals surface area contributed by atoms with E-state index in [0.29, 0.717) is 6.04 Å². The second kappa shape index (κ2) is 5.87. The Bertz CT molecular complexity index is 549. The van der Waals surface area contributed by atoms with Gasteiger partial charge in [0.05, 0.1) is 19.3 Å². The highest BCUT2D eigenvalue weighted by Gasteiger charge is 2.19. The molecule has 0 amide bonds. The molecule has 2 heterocycles. The van der Waals surface area contributed by atoms with Crippen LogP contribution in [0.5, 0.6) is 0 Å². The summed E-state index contributed by atoms with van der Waals surface area (Å²) in [6, 6.07) is 11.1. The first kappa shape index (κ1) is 12.9. The van der Waals surface area contributed by atoms with Gasteiger partial charge in [0, 0.05) is 11.4 Å². The second-order valence-corrected chi connectivity index (χ2v) is 5.87. The molecule has 3 heteroatoms. The fraction of sp³-hybridized carbons (Fsp3) is 0.375. The predicted molar refractivity (Wildman–Crippen MR) is 79.4 cm³/mol. The molecule has 100 valence electrons. The zero-order valence-electron chi connectivity index (χ0n) is 11.2. The Labute approximate surface area is 118 Å². The van der Waals surface area contributed by atoms with Crippen molar-refractivity contribution in [2.24, 2.45) is 0 Å². The maximum absolute atomic E-state index is 5.68. The van der Waals surface area contributed by atoms with Crippen molar-refractivity contribution >= 4 is 11.3 Å². The van der Waals surface area contributed by atoms with Gasteiger partial charge in [0.2, 0.25) is 0 Å². The van der Waals surface area contributed by atoms with Gasteiger partial charge in [-0.05, 0) is 34.6 Å². The van der Waals surface area contributed by atoms with Gasteiger partial charge in [0.15, 0.2) is 0 Å². The molecule has 0 saturated carbocycles. The average Bonchev–Trinajstić information content (AvgIpc) is 2.92. The first-order chi connectivity index (χ1) is 9.38. The molecule has 1 aliphatic heterocycles. The van der Waals surface area contributed by atoms with Gasteiger partial charge in [-0.2, -0.15) is 0 Å². The SMILES string of the molecule is CCc1ccsc1CNC1COCc2ccccc21. The molecule has 1 aromatic carbocycles. The number of hydrogen-bond acceptors (Lipinski definition) is 3. The molecule has 2 nitrogen and oxygen atoms in total. The number of thiophene rings is 1. The predicted octanol–water partition coefficient (Wildman–Crippen LogP) is 3.67. The van der Waals surface area contributed by atoms with Gasteiger partial charge in [-0.15, -0.1) is 11.3 Å². The lowest BCUT2D eigenvalue weighted by molar-refractivity contribution is 0.0817. The van der Waals surface area contributed by atoms with Gasteiger partial charge in [-0.1, -0.05) is 31.2 Å². The topological polar surface area (TPSA) is 21.3 Å². The van der Waals surface area contributed by atoms with E-state index in [-0.39, 0.29) is 0 Å². The first-order valence-electron chi connectivity index (χ1n) is 6.82. The Balaban J connectivity index is 1.71. The zero-order valence-corrected chi connectivity index (χ0v) is 12.0. The lowest BCUT2D eigenvalue weighted by Gasteiger charge is -2.26. The molecule has 0 fully saturated rings. The van der Waals surface area contributed by atoms with Gasteiger partial charge in [-0.25, -0.2) is 0 Å². The molecule has 1 aromatic heterocycles. The van der Waals surface area contributed by atoms with Crippen molar-refractivity contribution in [2.75, 3.05) is 6.61 Å². The molecule has 1 atom stereocenters. The summed E-state index contributed by atoms with van der Waals surface area (Å²) in [5.74, 6) is 0. The Morgan fingerprint density at radius 1 is 1.32 bits per heavy atom. The molecule has 1 N–H and O–H groups in total. The van der Waals surface area contributed by atoms with Gasteiger partial charge in [-0.3, -0.25) is 0 Å². The van der Waals surface area contributed by atoms with E-state index in [1.807, 2.05) is 11.3 Å². The van der Waals surface area contributed by atoms with Crippen LogP contribution in [0.25, 0.3) is 0 Å². The molecule has 0 aliphatic carbocycles. The standard InChI is InChI=1S/C16H19NOS/c1-2-12-7-8-19-16(12)9-17-15-11-18-10-13-5-3-4-6-14(13)15/h3-8,15,17H,2,9-11H2,1H3. The Kier molecular flexibility index (Phi) is 3.97. The molecule has 0 radical (unpaired) electrons. The van der Waals surface area contributed by atoms with Crippen molar-refractivity contribution in [3.8, 4) is 0 Å². The summed E-state index contributed by atoms with van der Waals surface area (Å²) >= 11 is 1.84. The van der Waals surface area contributed by atoms with Crippen LogP contribution in [-0.2, 0) is 24.3 Å². The number of benzene rings is 1. The van der Waals surface area contributed by atoms with E-state index in [1.165, 1.54) is 21.6 Å². The van der Waals surface area contributed by atoms with Crippen LogP contribution in [0.3, 0.4) is 0 Å². The van der Waals surface area contributed by atoms with E-state index in [0.717, 1.165) is 26.2 Å². The summed E-state index contributed by atoms with van der Waals surface area (Å²) in [6.07, 6.45) is 1.11. The molecular formula is C16H19NOS. The number of nitrogens with one attached hydrogen (secondary N) is 1. The van der Waals surface area contributed by atoms with E-state index in [2.05, 4.69) is 48.0 Å². The van der Waals surface area contributed by atoms with Crippen LogP contribution < -0.4 is 5.32 Å². The Hall–Kier alpha value is -1.16. The van der Waals surface area contributed by atoms with E-state index >= 15 is 0 Å². The van der Waals surface area contributed by atoms with Crippen LogP contribution in [0.4, 0.5) is 0 Å². The van der Waals surface area contributed by atoms with Gasteiger partial charge < -0.3 is 10.1 Å². The molecule has 1 unspecified atom stereocenters. The summed E-state index contributed by atoms with van der Waals surface area (Å²) in [6.45, 7) is 4.66. The lowest BCUT2D eigenvalue weighted by atomic mass is 9.99. The smallest absolute Gasteiger partial charge is 0.0721 e. The highest BCUT2D eigenvalue weighted by atomic mass is 32.1. The monoisotopic (exact) mass is 273 g/mol. The van der Waals surface area contributed by atoms with Crippen molar-refractivity contribution in [1.29, 1.82) is 0 Å². The van der Waals surface area contributed by atoms with Gasteiger partial charge >= 0.3 is 0 Å². The summed E-state index contributed by atoms with van der Waals surface area (Å²) in [4.78, 5) is 1.45. The van der Waals surface area contributed by atoms with E-state index < -0.39 is 0 Å². The van der Waals surface area contributed by atoms with Crippen molar-refractivity contribution in [3.05, 3.63) is 57.3 Å². The van der Waals surface area contributed by atoms with Crippen LogP contribution in [0.15, 0.2) is 35.7 Å². The van der Waals surface area contributed by atoms with Gasteiger partial charge in [0.25, 0.3) is 0 Å². The number of rotatable bonds is 4. The maximum Gasteiger partial charge on any atom is 0.0721 e. The van der Waals surface area contributed by atoms with Crippen molar-refractivity contribution in [3.63, 3.8) is 0 Å². The minimum Gasteiger partial charge on any atom is -0.375 e. The quantitative estimate of drug-likeness (QED) is 0.917. The lowest BCUT2D eigenvalue weighted by Crippen LogP contribution is -2.29. The third-order valence-electron chi connectivity index (χ3n) is 3.70. The van der Waals surface area contributed by atoms with Crippen LogP contribution in [0.2, 0.25) is 0 Å². The molecular weight excluding hydrogens is 254 g/mol. The number of ether oxygens (including phenoxy) is 1. The fourth-order valence-electron chi connectivity index (χ4n) is 2.60. The summed E-state index contributed by atoms with van der Waals surface area (Å²) < 4.78 is 5.68. The third-order valence-corrected chi connectivity index (χ3v) is 4.66. The minimum absolute atomic E-state index is 0.316. The van der Waals surface area contributed by atoms with E-state index in [9.17, 15) is 0 Å². The van der Waals surface area contributed by atoms with Crippen molar-refractivity contribution in [2.45, 2.75) is 32.5 Å². The number of aryl methyl sites for hydroxylation is 1.